The Hall–Kier alpha value is -4.72. The Labute approximate surface area is 296 Å². The van der Waals surface area contributed by atoms with Crippen LogP contribution in [0.3, 0.4) is 0 Å². The average molecular weight is 701 g/mol. The minimum absolute atomic E-state index is 0.0364. The maximum absolute atomic E-state index is 14.8. The molecule has 1 aliphatic heterocycles. The second-order valence-electron chi connectivity index (χ2n) is 15.0. The van der Waals surface area contributed by atoms with E-state index in [0.717, 1.165) is 49.4 Å². The fourth-order valence-corrected chi connectivity index (χ4v) is 8.17. The number of pyridine rings is 1. The standard InChI is InChI=1S/C37H48N8O6/c1-36(2,51)30-21-40-43-45(30)26-19-29(34(49)42-37(31(46)32(38)47)15-9-4-10-16-37)44(22-26)35(50)28(17-23-11-5-3-6-12-23)41-33(48)25-18-24-13-7-8-14-27(24)39-20-25/h7-8,13-14,18,20-21,23,26,28-29,51H,3-6,9-12,15-17,19,22H2,1-2H3,(H2,38,47)(H,41,48)(H,42,49)/t26-,28?,29-/m0/s1. The number of aliphatic hydroxyl groups is 1. The second kappa shape index (κ2) is 14.9. The van der Waals surface area contributed by atoms with E-state index in [1.54, 1.807) is 19.9 Å². The Morgan fingerprint density at radius 1 is 1.02 bits per heavy atom. The number of Topliss-reactive ketones (excluding diaryl/α,β-unsaturated/α-hetero) is 1. The molecule has 5 N–H and O–H groups in total. The van der Waals surface area contributed by atoms with Crippen molar-refractivity contribution in [2.45, 2.75) is 120 Å². The van der Waals surface area contributed by atoms with Crippen LogP contribution in [0.25, 0.3) is 10.9 Å². The molecule has 6 rings (SSSR count). The van der Waals surface area contributed by atoms with Crippen LogP contribution in [0.1, 0.15) is 113 Å². The summed E-state index contributed by atoms with van der Waals surface area (Å²) in [6, 6.07) is 6.61. The van der Waals surface area contributed by atoms with Gasteiger partial charge in [0, 0.05) is 24.5 Å². The highest BCUT2D eigenvalue weighted by atomic mass is 16.3. The van der Waals surface area contributed by atoms with Crippen molar-refractivity contribution in [2.75, 3.05) is 6.54 Å². The summed E-state index contributed by atoms with van der Waals surface area (Å²) in [7, 11) is 0. The molecule has 1 unspecified atom stereocenters. The summed E-state index contributed by atoms with van der Waals surface area (Å²) in [6.45, 7) is 3.24. The maximum Gasteiger partial charge on any atom is 0.287 e. The molecule has 3 aromatic rings. The lowest BCUT2D eigenvalue weighted by molar-refractivity contribution is -0.145. The first kappa shape index (κ1) is 36.1. The first-order chi connectivity index (χ1) is 24.4. The number of aromatic nitrogens is 4. The van der Waals surface area contributed by atoms with E-state index in [2.05, 4.69) is 25.9 Å². The summed E-state index contributed by atoms with van der Waals surface area (Å²) in [4.78, 5) is 74.2. The Bertz CT molecular complexity index is 1790. The SMILES string of the molecule is CC(C)(O)c1cnnn1[C@H]1C[C@@H](C(=O)NC2(C(=O)C(N)=O)CCCCC2)N(C(=O)C(CC2CCCCC2)NC(=O)c2cnc3ccccc3c2)C1. The number of primary amides is 1. The predicted molar refractivity (Wildman–Crippen MR) is 187 cm³/mol. The summed E-state index contributed by atoms with van der Waals surface area (Å²) < 4.78 is 1.54. The van der Waals surface area contributed by atoms with E-state index >= 15 is 0 Å². The van der Waals surface area contributed by atoms with E-state index in [1.165, 1.54) is 22.0 Å². The van der Waals surface area contributed by atoms with Gasteiger partial charge in [-0.3, -0.25) is 29.0 Å². The van der Waals surface area contributed by atoms with E-state index in [4.69, 9.17) is 5.73 Å². The molecule has 3 atom stereocenters. The van der Waals surface area contributed by atoms with Gasteiger partial charge >= 0.3 is 0 Å². The number of ketones is 1. The lowest BCUT2D eigenvalue weighted by Crippen LogP contribution is -2.62. The number of hydrogen-bond donors (Lipinski definition) is 4. The van der Waals surface area contributed by atoms with Crippen molar-refractivity contribution >= 4 is 40.3 Å². The molecule has 51 heavy (non-hydrogen) atoms. The number of hydrogen-bond acceptors (Lipinski definition) is 9. The van der Waals surface area contributed by atoms with E-state index in [-0.39, 0.29) is 31.7 Å². The number of nitrogens with one attached hydrogen (secondary N) is 2. The fourth-order valence-electron chi connectivity index (χ4n) is 8.17. The molecule has 0 bridgehead atoms. The topological polar surface area (TPSA) is 202 Å². The number of carbonyl (C=O) groups excluding carboxylic acids is 5. The minimum atomic E-state index is -1.46. The van der Waals surface area contributed by atoms with Gasteiger partial charge in [-0.25, -0.2) is 4.68 Å². The van der Waals surface area contributed by atoms with Gasteiger partial charge in [-0.1, -0.05) is 74.8 Å². The van der Waals surface area contributed by atoms with Gasteiger partial charge in [-0.05, 0) is 51.2 Å². The molecule has 14 nitrogen and oxygen atoms in total. The molecular weight excluding hydrogens is 652 g/mol. The lowest BCUT2D eigenvalue weighted by Gasteiger charge is -2.38. The van der Waals surface area contributed by atoms with Crippen molar-refractivity contribution in [3.63, 3.8) is 0 Å². The Morgan fingerprint density at radius 2 is 1.73 bits per heavy atom. The van der Waals surface area contributed by atoms with Crippen LogP contribution in [0.2, 0.25) is 0 Å². The van der Waals surface area contributed by atoms with Crippen molar-refractivity contribution < 1.29 is 29.1 Å². The summed E-state index contributed by atoms with van der Waals surface area (Å²) in [5.41, 5.74) is 4.15. The molecule has 4 amide bonds. The molecule has 3 heterocycles. The largest absolute Gasteiger partial charge is 0.384 e. The molecule has 2 aromatic heterocycles. The molecule has 2 aliphatic carbocycles. The number of rotatable bonds is 11. The molecule has 1 aromatic carbocycles. The van der Waals surface area contributed by atoms with Gasteiger partial charge in [0.2, 0.25) is 17.6 Å². The Morgan fingerprint density at radius 3 is 2.43 bits per heavy atom. The third-order valence-electron chi connectivity index (χ3n) is 10.9. The highest BCUT2D eigenvalue weighted by Crippen LogP contribution is 2.35. The van der Waals surface area contributed by atoms with Crippen molar-refractivity contribution in [3.8, 4) is 0 Å². The zero-order valence-electron chi connectivity index (χ0n) is 29.3. The molecular formula is C37H48N8O6. The van der Waals surface area contributed by atoms with Crippen LogP contribution in [0, 0.1) is 5.92 Å². The van der Waals surface area contributed by atoms with Crippen LogP contribution in [0.4, 0.5) is 0 Å². The van der Waals surface area contributed by atoms with Crippen LogP contribution < -0.4 is 16.4 Å². The number of para-hydroxylation sites is 1. The second-order valence-corrected chi connectivity index (χ2v) is 15.0. The van der Waals surface area contributed by atoms with Gasteiger partial charge in [-0.2, -0.15) is 0 Å². The highest BCUT2D eigenvalue weighted by molar-refractivity contribution is 6.39. The Balaban J connectivity index is 1.33. The summed E-state index contributed by atoms with van der Waals surface area (Å²) in [5.74, 6) is -3.25. The fraction of sp³-hybridized carbons (Fsp3) is 0.568. The molecule has 3 aliphatic rings. The van der Waals surface area contributed by atoms with Crippen molar-refractivity contribution in [3.05, 3.63) is 54.0 Å². The summed E-state index contributed by atoms with van der Waals surface area (Å²) >= 11 is 0. The third kappa shape index (κ3) is 7.80. The maximum atomic E-state index is 14.8. The number of likely N-dealkylation sites (tertiary alicyclic amines) is 1. The monoisotopic (exact) mass is 700 g/mol. The molecule has 0 radical (unpaired) electrons. The third-order valence-corrected chi connectivity index (χ3v) is 10.9. The first-order valence-corrected chi connectivity index (χ1v) is 18.1. The van der Waals surface area contributed by atoms with Gasteiger partial charge in [0.25, 0.3) is 11.8 Å². The minimum Gasteiger partial charge on any atom is -0.384 e. The van der Waals surface area contributed by atoms with E-state index in [0.29, 0.717) is 30.5 Å². The zero-order chi connectivity index (χ0) is 36.3. The lowest BCUT2D eigenvalue weighted by atomic mass is 9.78. The van der Waals surface area contributed by atoms with E-state index < -0.39 is 58.7 Å². The molecule has 2 saturated carbocycles. The van der Waals surface area contributed by atoms with E-state index in [9.17, 15) is 29.1 Å². The van der Waals surface area contributed by atoms with Crippen LogP contribution in [-0.4, -0.2) is 83.6 Å². The number of carbonyl (C=O) groups is 5. The summed E-state index contributed by atoms with van der Waals surface area (Å²) in [6.07, 6.45) is 11.1. The van der Waals surface area contributed by atoms with Crippen LogP contribution in [0.15, 0.2) is 42.7 Å². The molecule has 1 saturated heterocycles. The average Bonchev–Trinajstić information content (AvgIpc) is 3.80. The van der Waals surface area contributed by atoms with Gasteiger partial charge < -0.3 is 26.4 Å². The van der Waals surface area contributed by atoms with Crippen LogP contribution in [-0.2, 0) is 24.8 Å². The molecule has 0 spiro atoms. The number of nitrogens with zero attached hydrogens (tertiary/aromatic N) is 5. The molecule has 3 fully saturated rings. The molecule has 272 valence electrons. The Kier molecular flexibility index (Phi) is 10.5. The zero-order valence-corrected chi connectivity index (χ0v) is 29.3. The van der Waals surface area contributed by atoms with Gasteiger partial charge in [0.1, 0.15) is 23.2 Å². The van der Waals surface area contributed by atoms with E-state index in [1.807, 2.05) is 24.3 Å². The number of fused-ring (bicyclic) bond motifs is 1. The number of nitrogens with two attached hydrogens (primary N) is 1. The van der Waals surface area contributed by atoms with Gasteiger partial charge in [0.05, 0.1) is 29.0 Å². The van der Waals surface area contributed by atoms with Gasteiger partial charge in [-0.15, -0.1) is 5.10 Å². The van der Waals surface area contributed by atoms with Crippen molar-refractivity contribution in [2.24, 2.45) is 11.7 Å². The summed E-state index contributed by atoms with van der Waals surface area (Å²) in [5, 5.41) is 25.8. The highest BCUT2D eigenvalue weighted by Gasteiger charge is 2.49. The normalized spacial score (nSPS) is 21.6. The van der Waals surface area contributed by atoms with Crippen LogP contribution in [0.5, 0.6) is 0 Å². The number of benzene rings is 1. The first-order valence-electron chi connectivity index (χ1n) is 18.1. The quantitative estimate of drug-likeness (QED) is 0.217. The van der Waals surface area contributed by atoms with Crippen LogP contribution >= 0.6 is 0 Å². The number of amides is 4. The van der Waals surface area contributed by atoms with Crippen molar-refractivity contribution in [1.82, 2.24) is 35.5 Å². The predicted octanol–water partition coefficient (Wildman–Crippen LogP) is 2.84. The molecule has 14 heteroatoms. The van der Waals surface area contributed by atoms with Gasteiger partial charge in [0.15, 0.2) is 0 Å². The smallest absolute Gasteiger partial charge is 0.287 e. The van der Waals surface area contributed by atoms with Crippen molar-refractivity contribution in [1.29, 1.82) is 0 Å².